The van der Waals surface area contributed by atoms with E-state index in [1.807, 2.05) is 33.9 Å². The monoisotopic (exact) mass is 223 g/mol. The van der Waals surface area contributed by atoms with Gasteiger partial charge in [0.05, 0.1) is 17.4 Å². The van der Waals surface area contributed by atoms with Gasteiger partial charge in [0.15, 0.2) is 6.10 Å². The number of aromatic nitrogens is 2. The molecule has 88 valence electrons. The van der Waals surface area contributed by atoms with Crippen molar-refractivity contribution in [2.45, 2.75) is 32.9 Å². The molecule has 0 unspecified atom stereocenters. The largest absolute Gasteiger partial charge is 0.437 e. The van der Waals surface area contributed by atoms with Crippen LogP contribution in [0.25, 0.3) is 0 Å². The lowest BCUT2D eigenvalue weighted by Gasteiger charge is -2.18. The lowest BCUT2D eigenvalue weighted by Crippen LogP contribution is -2.31. The van der Waals surface area contributed by atoms with Crippen molar-refractivity contribution in [3.05, 3.63) is 17.5 Å². The highest BCUT2D eigenvalue weighted by Gasteiger charge is 2.40. The van der Waals surface area contributed by atoms with E-state index in [1.54, 1.807) is 9.58 Å². The summed E-state index contributed by atoms with van der Waals surface area (Å²) in [7, 11) is 1.87. The summed E-state index contributed by atoms with van der Waals surface area (Å²) in [4.78, 5) is 13.3. The van der Waals surface area contributed by atoms with Crippen LogP contribution in [0.2, 0.25) is 0 Å². The number of carbonyl (C=O) groups excluding carboxylic acids is 1. The summed E-state index contributed by atoms with van der Waals surface area (Å²) in [5.74, 6) is 0. The molecule has 5 nitrogen and oxygen atoms in total. The first-order valence-electron chi connectivity index (χ1n) is 5.52. The number of hydrogen-bond acceptors (Lipinski definition) is 3. The zero-order chi connectivity index (χ0) is 11.9. The van der Waals surface area contributed by atoms with Crippen LogP contribution in [0.15, 0.2) is 6.07 Å². The number of hydrogen-bond donors (Lipinski definition) is 0. The molecule has 2 rings (SSSR count). The van der Waals surface area contributed by atoms with E-state index in [0.29, 0.717) is 6.54 Å². The van der Waals surface area contributed by atoms with E-state index in [0.717, 1.165) is 11.4 Å². The van der Waals surface area contributed by atoms with Gasteiger partial charge < -0.3 is 9.64 Å². The Labute approximate surface area is 95.0 Å². The molecule has 1 aromatic rings. The average Bonchev–Trinajstić information content (AvgIpc) is 2.67. The molecule has 2 atom stereocenters. The lowest BCUT2D eigenvalue weighted by atomic mass is 10.1. The summed E-state index contributed by atoms with van der Waals surface area (Å²) in [6, 6.07) is 2.03. The Balaban J connectivity index is 2.30. The summed E-state index contributed by atoms with van der Waals surface area (Å²) < 4.78 is 7.16. The second kappa shape index (κ2) is 3.81. The quantitative estimate of drug-likeness (QED) is 0.765. The second-order valence-corrected chi connectivity index (χ2v) is 4.17. The Kier molecular flexibility index (Phi) is 2.61. The first-order valence-corrected chi connectivity index (χ1v) is 5.52. The summed E-state index contributed by atoms with van der Waals surface area (Å²) in [5.41, 5.74) is 1.89. The molecule has 0 saturated carbocycles. The highest BCUT2D eigenvalue weighted by atomic mass is 16.6. The van der Waals surface area contributed by atoms with Crippen LogP contribution in [0.4, 0.5) is 4.79 Å². The number of aryl methyl sites for hydroxylation is 2. The Morgan fingerprint density at radius 1 is 1.56 bits per heavy atom. The molecule has 1 fully saturated rings. The SMILES string of the molecule is CCN1C(=O)O[C@H](c2cc(C)nn2C)[C@@H]1C. The highest BCUT2D eigenvalue weighted by molar-refractivity contribution is 5.70. The summed E-state index contributed by atoms with van der Waals surface area (Å²) >= 11 is 0. The van der Waals surface area contributed by atoms with E-state index in [1.165, 1.54) is 0 Å². The first-order chi connectivity index (χ1) is 7.54. The van der Waals surface area contributed by atoms with E-state index in [-0.39, 0.29) is 18.2 Å². The predicted molar refractivity (Wildman–Crippen MR) is 59.0 cm³/mol. The minimum atomic E-state index is -0.237. The van der Waals surface area contributed by atoms with Gasteiger partial charge in [-0.05, 0) is 26.8 Å². The van der Waals surface area contributed by atoms with Crippen molar-refractivity contribution in [3.63, 3.8) is 0 Å². The van der Waals surface area contributed by atoms with E-state index in [4.69, 9.17) is 4.74 Å². The second-order valence-electron chi connectivity index (χ2n) is 4.17. The first kappa shape index (κ1) is 11.0. The number of cyclic esters (lactones) is 1. The molecular weight excluding hydrogens is 206 g/mol. The van der Waals surface area contributed by atoms with Gasteiger partial charge >= 0.3 is 6.09 Å². The van der Waals surface area contributed by atoms with Gasteiger partial charge in [0.25, 0.3) is 0 Å². The minimum Gasteiger partial charge on any atom is -0.437 e. The third-order valence-corrected chi connectivity index (χ3v) is 3.06. The Morgan fingerprint density at radius 3 is 2.69 bits per heavy atom. The highest BCUT2D eigenvalue weighted by Crippen LogP contribution is 2.31. The summed E-state index contributed by atoms with van der Waals surface area (Å²) in [6.45, 7) is 6.56. The molecule has 1 amide bonds. The molecular formula is C11H17N3O2. The molecule has 2 heterocycles. The van der Waals surface area contributed by atoms with Crippen molar-refractivity contribution in [3.8, 4) is 0 Å². The molecule has 0 spiro atoms. The third kappa shape index (κ3) is 1.56. The van der Waals surface area contributed by atoms with Crippen LogP contribution in [0.1, 0.15) is 31.3 Å². The van der Waals surface area contributed by atoms with Crippen molar-refractivity contribution in [1.82, 2.24) is 14.7 Å². The van der Waals surface area contributed by atoms with Gasteiger partial charge in [-0.25, -0.2) is 4.79 Å². The minimum absolute atomic E-state index is 0.0623. The molecule has 5 heteroatoms. The standard InChI is InChI=1S/C11H17N3O2/c1-5-14-8(3)10(16-11(14)15)9-6-7(2)12-13(9)4/h6,8,10H,5H2,1-4H3/t8-,10-/m0/s1. The maximum atomic E-state index is 11.6. The molecule has 0 aromatic carbocycles. The van der Waals surface area contributed by atoms with Crippen LogP contribution < -0.4 is 0 Å². The normalized spacial score (nSPS) is 25.0. The van der Waals surface area contributed by atoms with Gasteiger partial charge in [0, 0.05) is 13.6 Å². The Morgan fingerprint density at radius 2 is 2.25 bits per heavy atom. The van der Waals surface area contributed by atoms with Gasteiger partial charge in [0.1, 0.15) is 0 Å². The molecule has 0 radical (unpaired) electrons. The van der Waals surface area contributed by atoms with E-state index < -0.39 is 0 Å². The zero-order valence-corrected chi connectivity index (χ0v) is 10.1. The fraction of sp³-hybridized carbons (Fsp3) is 0.636. The van der Waals surface area contributed by atoms with E-state index in [9.17, 15) is 4.79 Å². The van der Waals surface area contributed by atoms with Crippen LogP contribution in [0.5, 0.6) is 0 Å². The maximum Gasteiger partial charge on any atom is 0.410 e. The van der Waals surface area contributed by atoms with Crippen LogP contribution in [0.3, 0.4) is 0 Å². The van der Waals surface area contributed by atoms with Crippen molar-refractivity contribution in [1.29, 1.82) is 0 Å². The maximum absolute atomic E-state index is 11.6. The van der Waals surface area contributed by atoms with Crippen molar-refractivity contribution in [2.24, 2.45) is 7.05 Å². The number of likely N-dealkylation sites (N-methyl/N-ethyl adjacent to an activating group) is 1. The van der Waals surface area contributed by atoms with Crippen LogP contribution in [-0.2, 0) is 11.8 Å². The predicted octanol–water partition coefficient (Wildman–Crippen LogP) is 1.63. The molecule has 1 aliphatic rings. The van der Waals surface area contributed by atoms with Crippen LogP contribution in [0, 0.1) is 6.92 Å². The van der Waals surface area contributed by atoms with Gasteiger partial charge in [0.2, 0.25) is 0 Å². The summed E-state index contributed by atoms with van der Waals surface area (Å²) in [6.07, 6.45) is -0.447. The number of rotatable bonds is 2. The molecule has 0 N–H and O–H groups in total. The van der Waals surface area contributed by atoms with Gasteiger partial charge in [-0.3, -0.25) is 4.68 Å². The number of carbonyl (C=O) groups is 1. The molecule has 0 bridgehead atoms. The van der Waals surface area contributed by atoms with Crippen molar-refractivity contribution in [2.75, 3.05) is 6.54 Å². The summed E-state index contributed by atoms with van der Waals surface area (Å²) in [5, 5.41) is 4.27. The Bertz CT molecular complexity index is 413. The van der Waals surface area contributed by atoms with Gasteiger partial charge in [-0.2, -0.15) is 5.10 Å². The van der Waals surface area contributed by atoms with Crippen LogP contribution in [-0.4, -0.2) is 33.4 Å². The lowest BCUT2D eigenvalue weighted by molar-refractivity contribution is 0.127. The van der Waals surface area contributed by atoms with Crippen molar-refractivity contribution < 1.29 is 9.53 Å². The van der Waals surface area contributed by atoms with Gasteiger partial charge in [-0.1, -0.05) is 0 Å². The number of ether oxygens (including phenoxy) is 1. The van der Waals surface area contributed by atoms with Crippen molar-refractivity contribution >= 4 is 6.09 Å². The molecule has 1 saturated heterocycles. The molecule has 0 aliphatic carbocycles. The smallest absolute Gasteiger partial charge is 0.410 e. The molecule has 1 aromatic heterocycles. The Hall–Kier alpha value is -1.52. The third-order valence-electron chi connectivity index (χ3n) is 3.06. The molecule has 1 aliphatic heterocycles. The fourth-order valence-electron chi connectivity index (χ4n) is 2.23. The average molecular weight is 223 g/mol. The number of amides is 1. The fourth-order valence-corrected chi connectivity index (χ4v) is 2.23. The zero-order valence-electron chi connectivity index (χ0n) is 10.1. The van der Waals surface area contributed by atoms with Crippen LogP contribution >= 0.6 is 0 Å². The topological polar surface area (TPSA) is 47.4 Å². The van der Waals surface area contributed by atoms with E-state index in [2.05, 4.69) is 5.10 Å². The van der Waals surface area contributed by atoms with Gasteiger partial charge in [-0.15, -0.1) is 0 Å². The number of nitrogens with zero attached hydrogens (tertiary/aromatic N) is 3. The van der Waals surface area contributed by atoms with E-state index >= 15 is 0 Å². The molecule has 16 heavy (non-hydrogen) atoms.